The lowest BCUT2D eigenvalue weighted by Gasteiger charge is -2.34. The van der Waals surface area contributed by atoms with Crippen molar-refractivity contribution in [3.63, 3.8) is 0 Å². The number of para-hydroxylation sites is 1. The monoisotopic (exact) mass is 553 g/mol. The number of carbonyl (C=O) groups excluding carboxylic acids is 3. The maximum atomic E-state index is 14.3. The summed E-state index contributed by atoms with van der Waals surface area (Å²) in [6.45, 7) is 14.9. The fourth-order valence-corrected chi connectivity index (χ4v) is 4.40. The third kappa shape index (κ3) is 8.93. The second-order valence-corrected chi connectivity index (χ2v) is 10.7. The molecular weight excluding hydrogens is 514 g/mol. The van der Waals surface area contributed by atoms with Crippen LogP contribution in [0.15, 0.2) is 98.1 Å². The Balaban J connectivity index is 2.07. The fourth-order valence-electron chi connectivity index (χ4n) is 4.40. The molecule has 0 aliphatic carbocycles. The highest BCUT2D eigenvalue weighted by atomic mass is 16.6. The number of aryl methyl sites for hydroxylation is 1. The molecule has 0 saturated heterocycles. The third-order valence-corrected chi connectivity index (χ3v) is 6.31. The predicted molar refractivity (Wildman–Crippen MR) is 164 cm³/mol. The average molecular weight is 554 g/mol. The van der Waals surface area contributed by atoms with Gasteiger partial charge in [-0.2, -0.15) is 0 Å². The Morgan fingerprint density at radius 1 is 0.951 bits per heavy atom. The topological polar surface area (TPSA) is 87.7 Å². The van der Waals surface area contributed by atoms with Gasteiger partial charge >= 0.3 is 6.09 Å². The molecule has 3 aromatic rings. The Labute approximate surface area is 242 Å². The van der Waals surface area contributed by atoms with Crippen molar-refractivity contribution >= 4 is 29.7 Å². The standard InChI is InChI=1S/C34H39N3O4/c1-7-21-37(32(39)29(23-26-16-10-9-11-17-26)36-33(40)41-34(4,5)6)30(27-19-14-18-25(8-2)22-27)31(38)35-28-20-13-12-15-24(28)3/h7-20,22,29-30H,1-2,21,23H2,3-6H3,(H,35,38)(H,36,40). The Bertz CT molecular complexity index is 1380. The Hall–Kier alpha value is -4.65. The fraction of sp³-hybridized carbons (Fsp3) is 0.265. The molecule has 0 heterocycles. The van der Waals surface area contributed by atoms with E-state index >= 15 is 0 Å². The Morgan fingerprint density at radius 3 is 2.27 bits per heavy atom. The van der Waals surface area contributed by atoms with Crippen molar-refractivity contribution in [3.05, 3.63) is 120 Å². The number of alkyl carbamates (subject to hydrolysis) is 1. The molecule has 0 bridgehead atoms. The number of hydrogen-bond acceptors (Lipinski definition) is 4. The van der Waals surface area contributed by atoms with Gasteiger partial charge in [-0.1, -0.05) is 85.5 Å². The highest BCUT2D eigenvalue weighted by molar-refractivity contribution is 5.99. The number of ether oxygens (including phenoxy) is 1. The van der Waals surface area contributed by atoms with Gasteiger partial charge in [0.1, 0.15) is 17.7 Å². The highest BCUT2D eigenvalue weighted by Crippen LogP contribution is 2.27. The zero-order valence-corrected chi connectivity index (χ0v) is 24.2. The molecule has 0 radical (unpaired) electrons. The molecule has 214 valence electrons. The van der Waals surface area contributed by atoms with Gasteiger partial charge in [-0.25, -0.2) is 4.79 Å². The van der Waals surface area contributed by atoms with Crippen molar-refractivity contribution in [1.82, 2.24) is 10.2 Å². The first-order chi connectivity index (χ1) is 19.5. The number of anilines is 1. The first kappa shape index (κ1) is 30.9. The molecule has 0 fully saturated rings. The summed E-state index contributed by atoms with van der Waals surface area (Å²) in [6, 6.07) is 22.1. The molecule has 0 aliphatic heterocycles. The molecule has 0 spiro atoms. The van der Waals surface area contributed by atoms with E-state index in [2.05, 4.69) is 23.8 Å². The molecule has 0 aromatic heterocycles. The first-order valence-electron chi connectivity index (χ1n) is 13.6. The lowest BCUT2D eigenvalue weighted by Crippen LogP contribution is -2.53. The van der Waals surface area contributed by atoms with Crippen LogP contribution >= 0.6 is 0 Å². The minimum Gasteiger partial charge on any atom is -0.444 e. The smallest absolute Gasteiger partial charge is 0.408 e. The maximum Gasteiger partial charge on any atom is 0.408 e. The quantitative estimate of drug-likeness (QED) is 0.267. The summed E-state index contributed by atoms with van der Waals surface area (Å²) in [5.74, 6) is -0.847. The number of amides is 3. The largest absolute Gasteiger partial charge is 0.444 e. The van der Waals surface area contributed by atoms with Crippen LogP contribution in [-0.2, 0) is 20.7 Å². The average Bonchev–Trinajstić information content (AvgIpc) is 2.93. The molecule has 3 aromatic carbocycles. The highest BCUT2D eigenvalue weighted by Gasteiger charge is 2.36. The molecule has 3 amide bonds. The summed E-state index contributed by atoms with van der Waals surface area (Å²) in [5, 5.41) is 5.75. The predicted octanol–water partition coefficient (Wildman–Crippen LogP) is 6.47. The molecule has 3 rings (SSSR count). The van der Waals surface area contributed by atoms with Crippen LogP contribution in [0.4, 0.5) is 10.5 Å². The minimum atomic E-state index is -1.03. The molecular formula is C34H39N3O4. The molecule has 41 heavy (non-hydrogen) atoms. The lowest BCUT2D eigenvalue weighted by molar-refractivity contribution is -0.140. The lowest BCUT2D eigenvalue weighted by atomic mass is 9.98. The Morgan fingerprint density at radius 2 is 1.63 bits per heavy atom. The molecule has 0 saturated carbocycles. The third-order valence-electron chi connectivity index (χ3n) is 6.31. The van der Waals surface area contributed by atoms with E-state index in [1.807, 2.05) is 79.7 Å². The van der Waals surface area contributed by atoms with Gasteiger partial charge in [0.2, 0.25) is 5.91 Å². The van der Waals surface area contributed by atoms with Crippen molar-refractivity contribution in [2.75, 3.05) is 11.9 Å². The minimum absolute atomic E-state index is 0.0598. The van der Waals surface area contributed by atoms with E-state index < -0.39 is 35.6 Å². The van der Waals surface area contributed by atoms with Gasteiger partial charge in [0, 0.05) is 18.7 Å². The number of nitrogens with one attached hydrogen (secondary N) is 2. The van der Waals surface area contributed by atoms with Gasteiger partial charge < -0.3 is 20.3 Å². The van der Waals surface area contributed by atoms with E-state index in [0.717, 1.165) is 16.7 Å². The van der Waals surface area contributed by atoms with Crippen molar-refractivity contribution < 1.29 is 19.1 Å². The summed E-state index contributed by atoms with van der Waals surface area (Å²) in [7, 11) is 0. The zero-order chi connectivity index (χ0) is 30.0. The van der Waals surface area contributed by atoms with Crippen LogP contribution in [0.5, 0.6) is 0 Å². The SMILES string of the molecule is C=CCN(C(=O)C(Cc1ccccc1)NC(=O)OC(C)(C)C)C(C(=O)Nc1ccccc1C)c1cccc(C=C)c1. The van der Waals surface area contributed by atoms with Gasteiger partial charge in [-0.15, -0.1) is 6.58 Å². The maximum absolute atomic E-state index is 14.3. The van der Waals surface area contributed by atoms with E-state index in [1.165, 1.54) is 4.90 Å². The summed E-state index contributed by atoms with van der Waals surface area (Å²) in [4.78, 5) is 42.6. The van der Waals surface area contributed by atoms with Crippen LogP contribution in [0.2, 0.25) is 0 Å². The molecule has 2 atom stereocenters. The van der Waals surface area contributed by atoms with E-state index in [-0.39, 0.29) is 13.0 Å². The number of nitrogens with zero attached hydrogens (tertiary/aromatic N) is 1. The van der Waals surface area contributed by atoms with Crippen LogP contribution in [0.1, 0.15) is 49.1 Å². The van der Waals surface area contributed by atoms with Gasteiger partial charge in [-0.3, -0.25) is 9.59 Å². The van der Waals surface area contributed by atoms with Crippen molar-refractivity contribution in [2.45, 2.75) is 51.8 Å². The normalized spacial score (nSPS) is 12.4. The molecule has 2 N–H and O–H groups in total. The van der Waals surface area contributed by atoms with E-state index in [9.17, 15) is 14.4 Å². The van der Waals surface area contributed by atoms with Gasteiger partial charge in [0.25, 0.3) is 5.91 Å². The number of rotatable bonds is 11. The summed E-state index contributed by atoms with van der Waals surface area (Å²) in [6.07, 6.45) is 2.73. The first-order valence-corrected chi connectivity index (χ1v) is 13.6. The summed E-state index contributed by atoms with van der Waals surface area (Å²) in [5.41, 5.74) is 3.01. The van der Waals surface area contributed by atoms with Crippen LogP contribution in [0.25, 0.3) is 6.08 Å². The van der Waals surface area contributed by atoms with Crippen LogP contribution in [0.3, 0.4) is 0 Å². The molecule has 2 unspecified atom stereocenters. The second-order valence-electron chi connectivity index (χ2n) is 10.7. The van der Waals surface area contributed by atoms with Crippen LogP contribution in [0, 0.1) is 6.92 Å². The van der Waals surface area contributed by atoms with E-state index in [1.54, 1.807) is 39.0 Å². The molecule has 0 aliphatic rings. The van der Waals surface area contributed by atoms with Gasteiger partial charge in [-0.05, 0) is 62.1 Å². The summed E-state index contributed by atoms with van der Waals surface area (Å²) < 4.78 is 5.48. The van der Waals surface area contributed by atoms with Crippen molar-refractivity contribution in [1.29, 1.82) is 0 Å². The summed E-state index contributed by atoms with van der Waals surface area (Å²) >= 11 is 0. The van der Waals surface area contributed by atoms with Crippen molar-refractivity contribution in [2.24, 2.45) is 0 Å². The van der Waals surface area contributed by atoms with Crippen LogP contribution < -0.4 is 10.6 Å². The van der Waals surface area contributed by atoms with Crippen LogP contribution in [-0.4, -0.2) is 41.0 Å². The zero-order valence-electron chi connectivity index (χ0n) is 24.2. The van der Waals surface area contributed by atoms with Crippen molar-refractivity contribution in [3.8, 4) is 0 Å². The van der Waals surface area contributed by atoms with Gasteiger partial charge in [0.15, 0.2) is 0 Å². The number of hydrogen-bond donors (Lipinski definition) is 2. The van der Waals surface area contributed by atoms with Gasteiger partial charge in [0.05, 0.1) is 0 Å². The number of carbonyl (C=O) groups is 3. The second kappa shape index (κ2) is 14.1. The number of benzene rings is 3. The Kier molecular flexibility index (Phi) is 10.6. The van der Waals surface area contributed by atoms with E-state index in [0.29, 0.717) is 11.3 Å². The molecule has 7 nitrogen and oxygen atoms in total. The van der Waals surface area contributed by atoms with E-state index in [4.69, 9.17) is 4.74 Å². The molecule has 7 heteroatoms.